The Bertz CT molecular complexity index is 496. The van der Waals surface area contributed by atoms with E-state index in [-0.39, 0.29) is 5.78 Å². The first-order chi connectivity index (χ1) is 8.91. The van der Waals surface area contributed by atoms with Crippen LogP contribution in [-0.2, 0) is 5.60 Å². The zero-order chi connectivity index (χ0) is 14.3. The monoisotopic (exact) mass is 256 g/mol. The highest BCUT2D eigenvalue weighted by molar-refractivity contribution is 5.93. The van der Waals surface area contributed by atoms with Crippen LogP contribution in [0.1, 0.15) is 36.7 Å². The first kappa shape index (κ1) is 15.1. The summed E-state index contributed by atoms with van der Waals surface area (Å²) in [6, 6.07) is 18.8. The van der Waals surface area contributed by atoms with Crippen molar-refractivity contribution in [1.82, 2.24) is 0 Å². The Morgan fingerprint density at radius 3 is 1.58 bits per heavy atom. The van der Waals surface area contributed by atoms with E-state index >= 15 is 0 Å². The van der Waals surface area contributed by atoms with Gasteiger partial charge in [-0.05, 0) is 26.3 Å². The Morgan fingerprint density at radius 1 is 0.895 bits per heavy atom. The van der Waals surface area contributed by atoms with Gasteiger partial charge in [-0.15, -0.1) is 0 Å². The zero-order valence-electron chi connectivity index (χ0n) is 11.6. The lowest BCUT2D eigenvalue weighted by Crippen LogP contribution is -2.14. The Hall–Kier alpha value is -1.93. The Morgan fingerprint density at radius 2 is 1.32 bits per heavy atom. The molecule has 0 bridgehead atoms. The fraction of sp³-hybridized carbons (Fsp3) is 0.235. The molecule has 1 N–H and O–H groups in total. The molecule has 19 heavy (non-hydrogen) atoms. The minimum atomic E-state index is -0.707. The minimum absolute atomic E-state index is 0.121. The zero-order valence-corrected chi connectivity index (χ0v) is 11.6. The maximum atomic E-state index is 10.6. The van der Waals surface area contributed by atoms with Crippen LogP contribution in [0, 0.1) is 0 Å². The lowest BCUT2D eigenvalue weighted by atomic mass is 9.99. The number of aliphatic hydroxyl groups is 1. The van der Waals surface area contributed by atoms with Crippen molar-refractivity contribution in [3.8, 4) is 0 Å². The number of hydrogen-bond acceptors (Lipinski definition) is 2. The standard InChI is InChI=1S/C9H12O.C8H8O/c1-9(2,10)8-6-4-3-5-7-8;1-7(9)8-5-3-2-4-6-8/h3-7,10H,1-2H3;2-6H,1H3. The number of Topliss-reactive ketones (excluding diaryl/α,β-unsaturated/α-hetero) is 1. The van der Waals surface area contributed by atoms with Gasteiger partial charge in [0.2, 0.25) is 0 Å². The van der Waals surface area contributed by atoms with Gasteiger partial charge in [0.1, 0.15) is 0 Å². The maximum absolute atomic E-state index is 10.6. The second kappa shape index (κ2) is 6.86. The van der Waals surface area contributed by atoms with E-state index in [1.807, 2.05) is 60.7 Å². The summed E-state index contributed by atoms with van der Waals surface area (Å²) in [5.74, 6) is 0.121. The van der Waals surface area contributed by atoms with Gasteiger partial charge in [0, 0.05) is 5.56 Å². The van der Waals surface area contributed by atoms with Gasteiger partial charge >= 0.3 is 0 Å². The summed E-state index contributed by atoms with van der Waals surface area (Å²) in [5.41, 5.74) is 1.02. The van der Waals surface area contributed by atoms with Crippen LogP contribution in [0.4, 0.5) is 0 Å². The molecule has 0 saturated carbocycles. The fourth-order valence-electron chi connectivity index (χ4n) is 1.52. The van der Waals surface area contributed by atoms with E-state index in [1.54, 1.807) is 20.8 Å². The predicted molar refractivity (Wildman–Crippen MR) is 78.1 cm³/mol. The van der Waals surface area contributed by atoms with E-state index in [0.29, 0.717) is 0 Å². The Labute approximate surface area is 114 Å². The molecule has 0 saturated heterocycles. The summed E-state index contributed by atoms with van der Waals surface area (Å²) < 4.78 is 0. The van der Waals surface area contributed by atoms with Gasteiger partial charge in [0.15, 0.2) is 5.78 Å². The van der Waals surface area contributed by atoms with Crippen molar-refractivity contribution in [2.75, 3.05) is 0 Å². The van der Waals surface area contributed by atoms with Crippen LogP contribution < -0.4 is 0 Å². The summed E-state index contributed by atoms with van der Waals surface area (Å²) >= 11 is 0. The highest BCUT2D eigenvalue weighted by atomic mass is 16.3. The molecule has 0 aliphatic carbocycles. The quantitative estimate of drug-likeness (QED) is 0.830. The highest BCUT2D eigenvalue weighted by Crippen LogP contribution is 2.17. The third-order valence-electron chi connectivity index (χ3n) is 2.66. The number of ketones is 1. The van der Waals surface area contributed by atoms with Gasteiger partial charge in [-0.3, -0.25) is 4.79 Å². The van der Waals surface area contributed by atoms with E-state index in [2.05, 4.69) is 0 Å². The van der Waals surface area contributed by atoms with Crippen LogP contribution in [0.3, 0.4) is 0 Å². The molecule has 2 aromatic carbocycles. The summed E-state index contributed by atoms with van der Waals surface area (Å²) in [7, 11) is 0. The molecule has 2 aromatic rings. The van der Waals surface area contributed by atoms with Gasteiger partial charge in [-0.25, -0.2) is 0 Å². The number of carbonyl (C=O) groups is 1. The topological polar surface area (TPSA) is 37.3 Å². The van der Waals surface area contributed by atoms with Crippen LogP contribution >= 0.6 is 0 Å². The van der Waals surface area contributed by atoms with Gasteiger partial charge in [0.25, 0.3) is 0 Å². The average molecular weight is 256 g/mol. The van der Waals surface area contributed by atoms with Gasteiger partial charge in [0.05, 0.1) is 5.60 Å². The first-order valence-corrected chi connectivity index (χ1v) is 6.25. The molecule has 2 heteroatoms. The number of hydrogen-bond donors (Lipinski definition) is 1. The number of benzene rings is 2. The molecule has 2 nitrogen and oxygen atoms in total. The van der Waals surface area contributed by atoms with E-state index in [4.69, 9.17) is 0 Å². The van der Waals surface area contributed by atoms with Crippen molar-refractivity contribution in [2.45, 2.75) is 26.4 Å². The molecule has 0 aliphatic rings. The number of carbonyl (C=O) groups excluding carboxylic acids is 1. The van der Waals surface area contributed by atoms with Crippen LogP contribution in [-0.4, -0.2) is 10.9 Å². The molecule has 0 unspecified atom stereocenters. The van der Waals surface area contributed by atoms with Crippen LogP contribution in [0.5, 0.6) is 0 Å². The second-order valence-corrected chi connectivity index (χ2v) is 4.85. The molecule has 2 rings (SSSR count). The van der Waals surface area contributed by atoms with Crippen LogP contribution in [0.15, 0.2) is 60.7 Å². The average Bonchev–Trinajstić information content (AvgIpc) is 2.40. The number of rotatable bonds is 2. The summed E-state index contributed by atoms with van der Waals surface area (Å²) in [6.07, 6.45) is 0. The molecule has 0 fully saturated rings. The Balaban J connectivity index is 0.000000191. The molecular formula is C17H20O2. The molecule has 0 aliphatic heterocycles. The van der Waals surface area contributed by atoms with E-state index < -0.39 is 5.60 Å². The first-order valence-electron chi connectivity index (χ1n) is 6.25. The third-order valence-corrected chi connectivity index (χ3v) is 2.66. The largest absolute Gasteiger partial charge is 0.386 e. The minimum Gasteiger partial charge on any atom is -0.386 e. The lowest BCUT2D eigenvalue weighted by molar-refractivity contribution is 0.0786. The van der Waals surface area contributed by atoms with E-state index in [0.717, 1.165) is 11.1 Å². The lowest BCUT2D eigenvalue weighted by Gasteiger charge is -2.16. The maximum Gasteiger partial charge on any atom is 0.159 e. The van der Waals surface area contributed by atoms with Crippen molar-refractivity contribution < 1.29 is 9.90 Å². The summed E-state index contributed by atoms with van der Waals surface area (Å²) in [4.78, 5) is 10.6. The SMILES string of the molecule is CC(=O)c1ccccc1.CC(C)(O)c1ccccc1. The van der Waals surface area contributed by atoms with Crippen molar-refractivity contribution in [2.24, 2.45) is 0 Å². The van der Waals surface area contributed by atoms with Crippen molar-refractivity contribution in [3.63, 3.8) is 0 Å². The highest BCUT2D eigenvalue weighted by Gasteiger charge is 2.13. The van der Waals surface area contributed by atoms with Crippen molar-refractivity contribution in [1.29, 1.82) is 0 Å². The molecule has 0 aromatic heterocycles. The molecular weight excluding hydrogens is 236 g/mol. The predicted octanol–water partition coefficient (Wildman–Crippen LogP) is 3.80. The molecule has 0 atom stereocenters. The van der Waals surface area contributed by atoms with Crippen molar-refractivity contribution in [3.05, 3.63) is 71.8 Å². The van der Waals surface area contributed by atoms with Gasteiger partial charge < -0.3 is 5.11 Å². The molecule has 0 amide bonds. The van der Waals surface area contributed by atoms with Gasteiger partial charge in [-0.1, -0.05) is 60.7 Å². The smallest absolute Gasteiger partial charge is 0.159 e. The molecule has 0 radical (unpaired) electrons. The van der Waals surface area contributed by atoms with E-state index in [1.165, 1.54) is 0 Å². The van der Waals surface area contributed by atoms with Gasteiger partial charge in [-0.2, -0.15) is 0 Å². The van der Waals surface area contributed by atoms with Crippen LogP contribution in [0.25, 0.3) is 0 Å². The molecule has 0 spiro atoms. The third kappa shape index (κ3) is 5.49. The molecule has 100 valence electrons. The van der Waals surface area contributed by atoms with E-state index in [9.17, 15) is 9.90 Å². The summed E-state index contributed by atoms with van der Waals surface area (Å²) in [5, 5.41) is 9.49. The Kier molecular flexibility index (Phi) is 5.46. The van der Waals surface area contributed by atoms with Crippen LogP contribution in [0.2, 0.25) is 0 Å². The normalized spacial score (nSPS) is 10.3. The second-order valence-electron chi connectivity index (χ2n) is 4.85. The summed E-state index contributed by atoms with van der Waals surface area (Å²) in [6.45, 7) is 5.12. The van der Waals surface area contributed by atoms with Crippen molar-refractivity contribution >= 4 is 5.78 Å². The molecule has 0 heterocycles. The fourth-order valence-corrected chi connectivity index (χ4v) is 1.52.